The third kappa shape index (κ3) is 3.75. The quantitative estimate of drug-likeness (QED) is 0.792. The number of carbonyl (C=O) groups is 1. The summed E-state index contributed by atoms with van der Waals surface area (Å²) in [6.07, 6.45) is -0.748. The molecule has 94 valence electrons. The zero-order valence-electron chi connectivity index (χ0n) is 10.5. The van der Waals surface area contributed by atoms with Gasteiger partial charge in [-0.2, -0.15) is 0 Å². The minimum Gasteiger partial charge on any atom is -0.477 e. The first-order valence-corrected chi connectivity index (χ1v) is 5.63. The first-order valence-electron chi connectivity index (χ1n) is 5.63. The predicted molar refractivity (Wildman–Crippen MR) is 66.0 cm³/mol. The fourth-order valence-corrected chi connectivity index (χ4v) is 1.44. The average Bonchev–Trinajstić information content (AvgIpc) is 2.35. The van der Waals surface area contributed by atoms with Gasteiger partial charge in [0.15, 0.2) is 0 Å². The Kier molecular flexibility index (Phi) is 4.97. The van der Waals surface area contributed by atoms with E-state index in [9.17, 15) is 4.79 Å². The number of carbonyl (C=O) groups excluding carboxylic acids is 1. The summed E-state index contributed by atoms with van der Waals surface area (Å²) in [4.78, 5) is 11.3. The lowest BCUT2D eigenvalue weighted by Crippen LogP contribution is -2.35. The van der Waals surface area contributed by atoms with Crippen LogP contribution in [0.3, 0.4) is 0 Å². The van der Waals surface area contributed by atoms with Gasteiger partial charge in [0, 0.05) is 6.54 Å². The topological polar surface area (TPSA) is 61.5 Å². The van der Waals surface area contributed by atoms with Gasteiger partial charge in [-0.3, -0.25) is 0 Å². The maximum absolute atomic E-state index is 11.3. The molecular weight excluding hydrogens is 218 g/mol. The Morgan fingerprint density at radius 2 is 2.12 bits per heavy atom. The van der Waals surface area contributed by atoms with Gasteiger partial charge < -0.3 is 15.2 Å². The Balaban J connectivity index is 2.79. The molecule has 0 aliphatic rings. The molecule has 0 heterocycles. The summed E-state index contributed by atoms with van der Waals surface area (Å²) < 4.78 is 10.1. The molecule has 4 heteroatoms. The van der Waals surface area contributed by atoms with Gasteiger partial charge in [0.25, 0.3) is 0 Å². The molecule has 0 saturated heterocycles. The molecule has 0 radical (unpaired) electrons. The number of esters is 1. The molecule has 0 fully saturated rings. The summed E-state index contributed by atoms with van der Waals surface area (Å²) >= 11 is 0. The highest BCUT2D eigenvalue weighted by Gasteiger charge is 2.19. The van der Waals surface area contributed by atoms with Gasteiger partial charge >= 0.3 is 5.97 Å². The molecule has 1 aromatic carbocycles. The van der Waals surface area contributed by atoms with Crippen LogP contribution in [0, 0.1) is 0 Å². The highest BCUT2D eigenvalue weighted by molar-refractivity contribution is 5.75. The number of hydrogen-bond donors (Lipinski definition) is 1. The van der Waals surface area contributed by atoms with Crippen molar-refractivity contribution in [2.45, 2.75) is 25.9 Å². The van der Waals surface area contributed by atoms with E-state index in [2.05, 4.69) is 18.6 Å². The van der Waals surface area contributed by atoms with Gasteiger partial charge in [0.2, 0.25) is 6.10 Å². The molecule has 0 saturated carbocycles. The molecule has 1 rings (SSSR count). The minimum atomic E-state index is -0.748. The molecule has 1 unspecified atom stereocenters. The van der Waals surface area contributed by atoms with Crippen molar-refractivity contribution >= 4 is 5.97 Å². The molecule has 0 amide bonds. The molecule has 0 spiro atoms. The first-order chi connectivity index (χ1) is 8.08. The summed E-state index contributed by atoms with van der Waals surface area (Å²) in [6.45, 7) is 4.29. The smallest absolute Gasteiger partial charge is 0.348 e. The van der Waals surface area contributed by atoms with E-state index in [1.807, 2.05) is 18.2 Å². The SMILES string of the molecule is COC(=O)C(CN)Oc1cccc(C(C)C)c1. The van der Waals surface area contributed by atoms with Crippen LogP contribution in [0.5, 0.6) is 5.75 Å². The highest BCUT2D eigenvalue weighted by Crippen LogP contribution is 2.21. The van der Waals surface area contributed by atoms with E-state index in [0.717, 1.165) is 5.56 Å². The number of nitrogens with two attached hydrogens (primary N) is 1. The molecule has 17 heavy (non-hydrogen) atoms. The van der Waals surface area contributed by atoms with Crippen molar-refractivity contribution in [1.29, 1.82) is 0 Å². The van der Waals surface area contributed by atoms with Crippen LogP contribution in [0.4, 0.5) is 0 Å². The van der Waals surface area contributed by atoms with E-state index < -0.39 is 12.1 Å². The molecule has 1 aromatic rings. The minimum absolute atomic E-state index is 0.0958. The summed E-state index contributed by atoms with van der Waals surface area (Å²) in [5, 5.41) is 0. The third-order valence-electron chi connectivity index (χ3n) is 2.48. The van der Waals surface area contributed by atoms with Crippen molar-refractivity contribution in [3.05, 3.63) is 29.8 Å². The van der Waals surface area contributed by atoms with E-state index in [4.69, 9.17) is 10.5 Å². The Morgan fingerprint density at radius 3 is 2.65 bits per heavy atom. The van der Waals surface area contributed by atoms with E-state index in [1.54, 1.807) is 6.07 Å². The van der Waals surface area contributed by atoms with Crippen LogP contribution in [-0.4, -0.2) is 25.7 Å². The van der Waals surface area contributed by atoms with Crippen LogP contribution in [0.2, 0.25) is 0 Å². The average molecular weight is 237 g/mol. The first kappa shape index (κ1) is 13.5. The van der Waals surface area contributed by atoms with Gasteiger partial charge in [-0.1, -0.05) is 26.0 Å². The highest BCUT2D eigenvalue weighted by atomic mass is 16.6. The van der Waals surface area contributed by atoms with Crippen LogP contribution in [0.25, 0.3) is 0 Å². The molecule has 2 N–H and O–H groups in total. The fraction of sp³-hybridized carbons (Fsp3) is 0.462. The van der Waals surface area contributed by atoms with Crippen molar-refractivity contribution in [3.8, 4) is 5.75 Å². The molecule has 0 aliphatic heterocycles. The molecule has 1 atom stereocenters. The fourth-order valence-electron chi connectivity index (χ4n) is 1.44. The number of hydrogen-bond acceptors (Lipinski definition) is 4. The van der Waals surface area contributed by atoms with Crippen LogP contribution in [-0.2, 0) is 9.53 Å². The van der Waals surface area contributed by atoms with Gasteiger partial charge in [0.1, 0.15) is 5.75 Å². The van der Waals surface area contributed by atoms with E-state index in [-0.39, 0.29) is 6.54 Å². The van der Waals surface area contributed by atoms with Crippen molar-refractivity contribution < 1.29 is 14.3 Å². The summed E-state index contributed by atoms with van der Waals surface area (Å²) in [5.74, 6) is 0.590. The van der Waals surface area contributed by atoms with Crippen LogP contribution >= 0.6 is 0 Å². The standard InChI is InChI=1S/C13H19NO3/c1-9(2)10-5-4-6-11(7-10)17-12(8-14)13(15)16-3/h4-7,9,12H,8,14H2,1-3H3. The maximum Gasteiger partial charge on any atom is 0.348 e. The van der Waals surface area contributed by atoms with Crippen molar-refractivity contribution in [2.75, 3.05) is 13.7 Å². The van der Waals surface area contributed by atoms with E-state index in [1.165, 1.54) is 7.11 Å². The van der Waals surface area contributed by atoms with Crippen LogP contribution < -0.4 is 10.5 Å². The zero-order valence-corrected chi connectivity index (χ0v) is 10.5. The van der Waals surface area contributed by atoms with E-state index in [0.29, 0.717) is 11.7 Å². The van der Waals surface area contributed by atoms with Crippen LogP contribution in [0.15, 0.2) is 24.3 Å². The number of methoxy groups -OCH3 is 1. The van der Waals surface area contributed by atoms with Crippen molar-refractivity contribution in [1.82, 2.24) is 0 Å². The summed E-state index contributed by atoms with van der Waals surface area (Å²) in [7, 11) is 1.32. The Labute approximate surface area is 102 Å². The second-order valence-electron chi connectivity index (χ2n) is 4.09. The van der Waals surface area contributed by atoms with Gasteiger partial charge in [-0.05, 0) is 23.6 Å². The second-order valence-corrected chi connectivity index (χ2v) is 4.09. The van der Waals surface area contributed by atoms with Crippen molar-refractivity contribution in [3.63, 3.8) is 0 Å². The second kappa shape index (κ2) is 6.25. The summed E-state index contributed by atoms with van der Waals surface area (Å²) in [6, 6.07) is 7.64. The Bertz CT molecular complexity index is 377. The van der Waals surface area contributed by atoms with E-state index >= 15 is 0 Å². The summed E-state index contributed by atoms with van der Waals surface area (Å²) in [5.41, 5.74) is 6.62. The molecular formula is C13H19NO3. The zero-order chi connectivity index (χ0) is 12.8. The lowest BCUT2D eigenvalue weighted by atomic mass is 10.0. The number of benzene rings is 1. The number of rotatable bonds is 5. The van der Waals surface area contributed by atoms with Gasteiger partial charge in [-0.15, -0.1) is 0 Å². The molecule has 0 bridgehead atoms. The lowest BCUT2D eigenvalue weighted by Gasteiger charge is -2.16. The molecule has 0 aromatic heterocycles. The third-order valence-corrected chi connectivity index (χ3v) is 2.48. The number of ether oxygens (including phenoxy) is 2. The maximum atomic E-state index is 11.3. The normalized spacial score (nSPS) is 12.3. The van der Waals surface area contributed by atoms with Crippen LogP contribution in [0.1, 0.15) is 25.3 Å². The van der Waals surface area contributed by atoms with Gasteiger partial charge in [-0.25, -0.2) is 4.79 Å². The van der Waals surface area contributed by atoms with Gasteiger partial charge in [0.05, 0.1) is 7.11 Å². The molecule has 0 aliphatic carbocycles. The largest absolute Gasteiger partial charge is 0.477 e. The Hall–Kier alpha value is -1.55. The lowest BCUT2D eigenvalue weighted by molar-refractivity contribution is -0.148. The molecule has 4 nitrogen and oxygen atoms in total. The monoisotopic (exact) mass is 237 g/mol. The predicted octanol–water partition coefficient (Wildman–Crippen LogP) is 1.69. The Morgan fingerprint density at radius 1 is 1.41 bits per heavy atom. The van der Waals surface area contributed by atoms with Crippen molar-refractivity contribution in [2.24, 2.45) is 5.73 Å².